The van der Waals surface area contributed by atoms with Crippen LogP contribution in [0.5, 0.6) is 0 Å². The summed E-state index contributed by atoms with van der Waals surface area (Å²) < 4.78 is 41.6. The minimum atomic E-state index is -2.35. The summed E-state index contributed by atoms with van der Waals surface area (Å²) in [6, 6.07) is 17.5. The average Bonchev–Trinajstić information content (AvgIpc) is 2.86. The van der Waals surface area contributed by atoms with E-state index in [1.807, 2.05) is 24.1 Å². The predicted octanol–water partition coefficient (Wildman–Crippen LogP) is 5.98. The van der Waals surface area contributed by atoms with Gasteiger partial charge >= 0.3 is 5.97 Å². The Balaban J connectivity index is 1.70. The molecule has 0 aromatic heterocycles. The van der Waals surface area contributed by atoms with E-state index in [1.165, 1.54) is 36.4 Å². The number of rotatable bonds is 11. The minimum absolute atomic E-state index is 0.0102. The van der Waals surface area contributed by atoms with Gasteiger partial charge in [-0.25, -0.2) is 8.42 Å². The molecule has 0 aliphatic rings. The van der Waals surface area contributed by atoms with E-state index in [0.29, 0.717) is 30.0 Å². The number of azo groups is 2. The van der Waals surface area contributed by atoms with E-state index >= 15 is 0 Å². The van der Waals surface area contributed by atoms with Gasteiger partial charge < -0.3 is 19.1 Å². The van der Waals surface area contributed by atoms with Gasteiger partial charge in [0.1, 0.15) is 5.69 Å². The molecule has 0 spiro atoms. The molecule has 188 valence electrons. The van der Waals surface area contributed by atoms with Gasteiger partial charge in [0, 0.05) is 25.7 Å². The van der Waals surface area contributed by atoms with Crippen molar-refractivity contribution in [3.05, 3.63) is 66.7 Å². The fourth-order valence-electron chi connectivity index (χ4n) is 3.01. The van der Waals surface area contributed by atoms with Crippen LogP contribution in [-0.2, 0) is 27.0 Å². The van der Waals surface area contributed by atoms with Crippen molar-refractivity contribution in [2.24, 2.45) is 20.5 Å². The van der Waals surface area contributed by atoms with Crippen molar-refractivity contribution < 1.29 is 27.4 Å². The van der Waals surface area contributed by atoms with Gasteiger partial charge in [0.15, 0.2) is 22.2 Å². The molecule has 2 unspecified atom stereocenters. The summed E-state index contributed by atoms with van der Waals surface area (Å²) >= 11 is -4.43. The normalized spacial score (nSPS) is 13.2. The predicted molar refractivity (Wildman–Crippen MR) is 136 cm³/mol. The second-order valence-electron chi connectivity index (χ2n) is 7.48. The molecule has 0 fully saturated rings. The monoisotopic (exact) mass is 529 g/mol. The lowest BCUT2D eigenvalue weighted by Gasteiger charge is -2.18. The second kappa shape index (κ2) is 12.9. The van der Waals surface area contributed by atoms with E-state index in [4.69, 9.17) is 9.66 Å². The fourth-order valence-corrected chi connectivity index (χ4v) is 3.89. The molecule has 0 aliphatic heterocycles. The van der Waals surface area contributed by atoms with Crippen LogP contribution in [0.15, 0.2) is 97.0 Å². The third-order valence-corrected chi connectivity index (χ3v) is 6.28. The number of aliphatic carboxylic acids is 1. The molecule has 0 bridgehead atoms. The third kappa shape index (κ3) is 7.95. The van der Waals surface area contributed by atoms with Gasteiger partial charge in [-0.3, -0.25) is 4.79 Å². The number of carboxylic acid groups (broad SMARTS) is 1. The highest BCUT2D eigenvalue weighted by Crippen LogP contribution is 2.30. The lowest BCUT2D eigenvalue weighted by atomic mass is 10.2. The first-order valence-corrected chi connectivity index (χ1v) is 12.8. The van der Waals surface area contributed by atoms with Crippen molar-refractivity contribution >= 4 is 56.6 Å². The van der Waals surface area contributed by atoms with Crippen molar-refractivity contribution in [2.45, 2.75) is 22.6 Å². The van der Waals surface area contributed by atoms with E-state index in [0.717, 1.165) is 5.69 Å². The zero-order chi connectivity index (χ0) is 26.1. The Kier molecular flexibility index (Phi) is 9.64. The summed E-state index contributed by atoms with van der Waals surface area (Å²) in [7, 11) is 1.87. The Morgan fingerprint density at radius 3 is 1.94 bits per heavy atom. The largest absolute Gasteiger partial charge is 0.481 e. The number of nitrogens with zero attached hydrogens (tertiary/aromatic N) is 5. The molecule has 0 saturated heterocycles. The summed E-state index contributed by atoms with van der Waals surface area (Å²) in [4.78, 5) is 12.8. The van der Waals surface area contributed by atoms with Crippen molar-refractivity contribution in [3.8, 4) is 0 Å². The number of carbonyl (C=O) groups is 1. The van der Waals surface area contributed by atoms with Gasteiger partial charge in [-0.15, -0.1) is 5.11 Å². The Bertz CT molecular complexity index is 1310. The Morgan fingerprint density at radius 2 is 1.36 bits per heavy atom. The lowest BCUT2D eigenvalue weighted by molar-refractivity contribution is -0.137. The SMILES string of the molecule is CN(CCCC(=O)O)c1ccc(N=Nc2ccc(N=Nc3ccc(S(=O)O)cc3)cc2S(=O)O)cc1. The van der Waals surface area contributed by atoms with Crippen molar-refractivity contribution in [1.29, 1.82) is 0 Å². The van der Waals surface area contributed by atoms with Gasteiger partial charge in [0.05, 0.1) is 26.9 Å². The van der Waals surface area contributed by atoms with Crippen LogP contribution in [0.3, 0.4) is 0 Å². The van der Waals surface area contributed by atoms with Gasteiger partial charge in [0.25, 0.3) is 0 Å². The van der Waals surface area contributed by atoms with E-state index in [9.17, 15) is 17.8 Å². The molecule has 0 radical (unpaired) electrons. The summed E-state index contributed by atoms with van der Waals surface area (Å²) in [6.45, 7) is 0.595. The third-order valence-electron chi connectivity index (χ3n) is 4.90. The van der Waals surface area contributed by atoms with Crippen molar-refractivity contribution in [3.63, 3.8) is 0 Å². The molecule has 3 aromatic rings. The average molecular weight is 530 g/mol. The first kappa shape index (κ1) is 26.9. The maximum absolute atomic E-state index is 11.9. The summed E-state index contributed by atoms with van der Waals surface area (Å²) in [5.41, 5.74) is 2.38. The molecule has 13 heteroatoms. The summed E-state index contributed by atoms with van der Waals surface area (Å²) in [5, 5.41) is 25.1. The van der Waals surface area contributed by atoms with Crippen LogP contribution in [0.2, 0.25) is 0 Å². The highest BCUT2D eigenvalue weighted by Gasteiger charge is 2.10. The van der Waals surface area contributed by atoms with Crippen LogP contribution >= 0.6 is 0 Å². The molecular formula is C23H23N5O6S2. The standard InChI is InChI=1S/C23H23N5O6S2/c1-28(14-2-3-23(29)30)19-9-4-16(5-10-19)25-27-21-13-8-18(15-22(21)36(33)34)26-24-17-6-11-20(12-7-17)35(31)32/h4-13,15H,2-3,14H2,1H3,(H,29,30)(H,31,32)(H,33,34). The van der Waals surface area contributed by atoms with Crippen LogP contribution in [0, 0.1) is 0 Å². The van der Waals surface area contributed by atoms with Gasteiger partial charge in [-0.1, -0.05) is 0 Å². The zero-order valence-corrected chi connectivity index (χ0v) is 20.7. The van der Waals surface area contributed by atoms with Crippen molar-refractivity contribution in [2.75, 3.05) is 18.5 Å². The van der Waals surface area contributed by atoms with Crippen LogP contribution in [0.25, 0.3) is 0 Å². The first-order valence-electron chi connectivity index (χ1n) is 10.6. The Labute approximate surface area is 212 Å². The maximum Gasteiger partial charge on any atom is 0.303 e. The molecule has 36 heavy (non-hydrogen) atoms. The molecule has 3 N–H and O–H groups in total. The van der Waals surface area contributed by atoms with Crippen LogP contribution in [0.4, 0.5) is 28.4 Å². The first-order chi connectivity index (χ1) is 17.2. The minimum Gasteiger partial charge on any atom is -0.481 e. The topological polar surface area (TPSA) is 165 Å². The molecule has 3 aromatic carbocycles. The Morgan fingerprint density at radius 1 is 0.806 bits per heavy atom. The number of benzene rings is 3. The number of hydrogen-bond acceptors (Lipinski definition) is 8. The number of hydrogen-bond donors (Lipinski definition) is 3. The molecule has 0 heterocycles. The Hall–Kier alpha value is -3.65. The van der Waals surface area contributed by atoms with Crippen LogP contribution < -0.4 is 4.90 Å². The fraction of sp³-hybridized carbons (Fsp3) is 0.174. The molecule has 0 aliphatic carbocycles. The molecule has 3 rings (SSSR count). The smallest absolute Gasteiger partial charge is 0.303 e. The number of carboxylic acids is 1. The molecule has 0 amide bonds. The van der Waals surface area contributed by atoms with E-state index in [2.05, 4.69) is 20.5 Å². The van der Waals surface area contributed by atoms with E-state index in [-0.39, 0.29) is 21.9 Å². The number of anilines is 1. The second-order valence-corrected chi connectivity index (χ2v) is 9.39. The highest BCUT2D eigenvalue weighted by molar-refractivity contribution is 7.79. The lowest BCUT2D eigenvalue weighted by Crippen LogP contribution is -2.19. The van der Waals surface area contributed by atoms with Crippen LogP contribution in [-0.4, -0.2) is 42.2 Å². The van der Waals surface area contributed by atoms with E-state index < -0.39 is 28.1 Å². The van der Waals surface area contributed by atoms with Gasteiger partial charge in [-0.2, -0.15) is 15.3 Å². The molecule has 11 nitrogen and oxygen atoms in total. The van der Waals surface area contributed by atoms with Crippen molar-refractivity contribution in [1.82, 2.24) is 0 Å². The quantitative estimate of drug-likeness (QED) is 0.203. The zero-order valence-electron chi connectivity index (χ0n) is 19.1. The molecule has 0 saturated carbocycles. The van der Waals surface area contributed by atoms with Gasteiger partial charge in [0.2, 0.25) is 0 Å². The molecular weight excluding hydrogens is 506 g/mol. The van der Waals surface area contributed by atoms with Crippen LogP contribution in [0.1, 0.15) is 12.8 Å². The van der Waals surface area contributed by atoms with Gasteiger partial charge in [-0.05, 0) is 73.2 Å². The summed E-state index contributed by atoms with van der Waals surface area (Å²) in [6.07, 6.45) is 0.633. The molecule has 2 atom stereocenters. The highest BCUT2D eigenvalue weighted by atomic mass is 32.2. The maximum atomic E-state index is 11.9. The van der Waals surface area contributed by atoms with E-state index in [1.54, 1.807) is 18.2 Å². The summed E-state index contributed by atoms with van der Waals surface area (Å²) in [5.74, 6) is -0.827.